The van der Waals surface area contributed by atoms with E-state index in [0.717, 1.165) is 24.2 Å². The fourth-order valence-electron chi connectivity index (χ4n) is 4.79. The second-order valence-electron chi connectivity index (χ2n) is 8.76. The number of anilines is 1. The fourth-order valence-corrected chi connectivity index (χ4v) is 4.79. The number of methoxy groups -OCH3 is 2. The molecule has 5 rings (SSSR count). The number of amides is 1. The summed E-state index contributed by atoms with van der Waals surface area (Å²) in [5, 5.41) is 11.4. The lowest BCUT2D eigenvalue weighted by Crippen LogP contribution is -2.29. The highest BCUT2D eigenvalue weighted by molar-refractivity contribution is 6.51. The summed E-state index contributed by atoms with van der Waals surface area (Å²) in [6, 6.07) is 17.5. The minimum Gasteiger partial charge on any atom is -0.507 e. The molecule has 1 N–H and O–H groups in total. The largest absolute Gasteiger partial charge is 0.507 e. The number of aliphatic hydroxyl groups is 1. The van der Waals surface area contributed by atoms with Gasteiger partial charge in [0.05, 0.1) is 38.0 Å². The summed E-state index contributed by atoms with van der Waals surface area (Å²) in [5.74, 6) is -1.25. The van der Waals surface area contributed by atoms with Gasteiger partial charge in [-0.05, 0) is 72.5 Å². The Kier molecular flexibility index (Phi) is 6.40. The van der Waals surface area contributed by atoms with E-state index in [0.29, 0.717) is 29.2 Å². The first kappa shape index (κ1) is 24.1. The van der Waals surface area contributed by atoms with Crippen molar-refractivity contribution < 1.29 is 33.7 Å². The van der Waals surface area contributed by atoms with Crippen LogP contribution in [0.2, 0.25) is 0 Å². The first-order valence-electron chi connectivity index (χ1n) is 11.8. The van der Waals surface area contributed by atoms with Crippen molar-refractivity contribution in [2.75, 3.05) is 25.7 Å². The van der Waals surface area contributed by atoms with Crippen LogP contribution < -0.4 is 14.4 Å². The monoisotopic (exact) mass is 499 g/mol. The molecule has 1 amide bonds. The zero-order valence-corrected chi connectivity index (χ0v) is 20.4. The molecule has 3 aromatic rings. The molecule has 1 unspecified atom stereocenters. The zero-order valence-electron chi connectivity index (χ0n) is 20.4. The minimum atomic E-state index is -0.963. The van der Waals surface area contributed by atoms with Crippen LogP contribution in [0.5, 0.6) is 11.5 Å². The van der Waals surface area contributed by atoms with Gasteiger partial charge >= 0.3 is 5.97 Å². The fraction of sp³-hybridized carbons (Fsp3) is 0.207. The Morgan fingerprint density at radius 3 is 2.59 bits per heavy atom. The van der Waals surface area contributed by atoms with E-state index < -0.39 is 23.7 Å². The Labute approximate surface area is 213 Å². The van der Waals surface area contributed by atoms with Crippen LogP contribution in [0.3, 0.4) is 0 Å². The maximum Gasteiger partial charge on any atom is 0.337 e. The number of aliphatic hydroxyl groups excluding tert-OH is 1. The highest BCUT2D eigenvalue weighted by atomic mass is 16.5. The molecule has 1 atom stereocenters. The summed E-state index contributed by atoms with van der Waals surface area (Å²) in [6.07, 6.45) is 1.63. The van der Waals surface area contributed by atoms with Gasteiger partial charge in [0.25, 0.3) is 11.7 Å². The van der Waals surface area contributed by atoms with Crippen LogP contribution in [0.1, 0.15) is 39.5 Å². The number of ether oxygens (including phenoxy) is 3. The average molecular weight is 500 g/mol. The van der Waals surface area contributed by atoms with Gasteiger partial charge in [-0.2, -0.15) is 0 Å². The number of rotatable bonds is 5. The predicted molar refractivity (Wildman–Crippen MR) is 136 cm³/mol. The van der Waals surface area contributed by atoms with Crippen molar-refractivity contribution in [2.45, 2.75) is 18.9 Å². The summed E-state index contributed by atoms with van der Waals surface area (Å²) >= 11 is 0. The van der Waals surface area contributed by atoms with Gasteiger partial charge < -0.3 is 19.3 Å². The lowest BCUT2D eigenvalue weighted by Gasteiger charge is -2.26. The molecule has 1 fully saturated rings. The molecule has 3 aromatic carbocycles. The molecule has 2 heterocycles. The van der Waals surface area contributed by atoms with Gasteiger partial charge in [-0.1, -0.05) is 18.2 Å². The Morgan fingerprint density at radius 2 is 1.81 bits per heavy atom. The van der Waals surface area contributed by atoms with E-state index in [1.165, 1.54) is 25.2 Å². The first-order chi connectivity index (χ1) is 17.9. The highest BCUT2D eigenvalue weighted by Gasteiger charge is 2.47. The molecular formula is C29H25NO7. The van der Waals surface area contributed by atoms with Crippen LogP contribution in [-0.4, -0.2) is 43.6 Å². The van der Waals surface area contributed by atoms with E-state index in [9.17, 15) is 19.5 Å². The van der Waals surface area contributed by atoms with Gasteiger partial charge in [-0.15, -0.1) is 0 Å². The number of carbonyl (C=O) groups is 3. The van der Waals surface area contributed by atoms with Crippen molar-refractivity contribution in [3.8, 4) is 11.5 Å². The number of nitrogens with zero attached hydrogens (tertiary/aromatic N) is 1. The van der Waals surface area contributed by atoms with Crippen molar-refractivity contribution in [2.24, 2.45) is 0 Å². The Balaban J connectivity index is 1.70. The normalized spacial score (nSPS) is 18.2. The topological polar surface area (TPSA) is 102 Å². The van der Waals surface area contributed by atoms with E-state index >= 15 is 0 Å². The standard InChI is InChI=1S/C29H25NO7/c1-35-22-10-4-6-18(16-22)25-24(26(31)19-11-12-23-17(14-19)8-5-13-37-23)27(32)28(33)30(25)21-9-3-7-20(15-21)29(34)36-2/h3-4,6-7,9-12,14-16,25,31H,5,8,13H2,1-2H3/b26-24-. The molecule has 2 aliphatic heterocycles. The van der Waals surface area contributed by atoms with Crippen molar-refractivity contribution in [1.29, 1.82) is 0 Å². The maximum absolute atomic E-state index is 13.4. The average Bonchev–Trinajstić information content (AvgIpc) is 3.21. The molecule has 2 aliphatic rings. The van der Waals surface area contributed by atoms with Crippen LogP contribution in [0.25, 0.3) is 5.76 Å². The highest BCUT2D eigenvalue weighted by Crippen LogP contribution is 2.43. The van der Waals surface area contributed by atoms with Gasteiger partial charge in [-0.25, -0.2) is 4.79 Å². The van der Waals surface area contributed by atoms with Gasteiger partial charge in [0.1, 0.15) is 17.3 Å². The molecule has 188 valence electrons. The number of aryl methyl sites for hydroxylation is 1. The molecule has 37 heavy (non-hydrogen) atoms. The molecule has 0 aromatic heterocycles. The van der Waals surface area contributed by atoms with Crippen molar-refractivity contribution in [1.82, 2.24) is 0 Å². The second kappa shape index (κ2) is 9.81. The number of ketones is 1. The van der Waals surface area contributed by atoms with E-state index in [2.05, 4.69) is 0 Å². The Bertz CT molecular complexity index is 1440. The Hall–Kier alpha value is -4.59. The predicted octanol–water partition coefficient (Wildman–Crippen LogP) is 4.43. The van der Waals surface area contributed by atoms with Crippen molar-refractivity contribution >= 4 is 29.1 Å². The molecule has 0 bridgehead atoms. The number of Topliss-reactive ketones (excluding diaryl/α,β-unsaturated/α-hetero) is 1. The third kappa shape index (κ3) is 4.31. The number of hydrogen-bond donors (Lipinski definition) is 1. The first-order valence-corrected chi connectivity index (χ1v) is 11.8. The third-order valence-corrected chi connectivity index (χ3v) is 6.58. The SMILES string of the molecule is COC(=O)c1cccc(N2C(=O)C(=O)/C(=C(\O)c3ccc4c(c3)CCCO4)C2c2cccc(OC)c2)c1. The summed E-state index contributed by atoms with van der Waals surface area (Å²) in [4.78, 5) is 40.3. The van der Waals surface area contributed by atoms with E-state index in [1.54, 1.807) is 60.7 Å². The number of fused-ring (bicyclic) bond motifs is 1. The molecule has 0 saturated carbocycles. The molecular weight excluding hydrogens is 474 g/mol. The molecule has 0 radical (unpaired) electrons. The summed E-state index contributed by atoms with van der Waals surface area (Å²) in [7, 11) is 2.78. The molecule has 8 heteroatoms. The lowest BCUT2D eigenvalue weighted by atomic mass is 9.93. The van der Waals surface area contributed by atoms with Gasteiger partial charge in [0.15, 0.2) is 0 Å². The number of benzene rings is 3. The zero-order chi connectivity index (χ0) is 26.1. The van der Waals surface area contributed by atoms with E-state index in [4.69, 9.17) is 14.2 Å². The lowest BCUT2D eigenvalue weighted by molar-refractivity contribution is -0.132. The minimum absolute atomic E-state index is 0.0570. The van der Waals surface area contributed by atoms with Crippen LogP contribution in [0.15, 0.2) is 72.3 Å². The molecule has 0 aliphatic carbocycles. The quantitative estimate of drug-likeness (QED) is 0.240. The molecule has 8 nitrogen and oxygen atoms in total. The molecule has 1 saturated heterocycles. The second-order valence-corrected chi connectivity index (χ2v) is 8.76. The maximum atomic E-state index is 13.4. The smallest absolute Gasteiger partial charge is 0.337 e. The van der Waals surface area contributed by atoms with E-state index in [-0.39, 0.29) is 16.9 Å². The number of esters is 1. The van der Waals surface area contributed by atoms with Crippen molar-refractivity contribution in [3.63, 3.8) is 0 Å². The van der Waals surface area contributed by atoms with Gasteiger partial charge in [-0.3, -0.25) is 14.5 Å². The van der Waals surface area contributed by atoms with Crippen LogP contribution in [-0.2, 0) is 20.7 Å². The van der Waals surface area contributed by atoms with Gasteiger partial charge in [0.2, 0.25) is 0 Å². The van der Waals surface area contributed by atoms with Crippen LogP contribution in [0.4, 0.5) is 5.69 Å². The number of carbonyl (C=O) groups excluding carboxylic acids is 3. The summed E-state index contributed by atoms with van der Waals surface area (Å²) in [6.45, 7) is 0.629. The van der Waals surface area contributed by atoms with Crippen LogP contribution >= 0.6 is 0 Å². The summed E-state index contributed by atoms with van der Waals surface area (Å²) in [5.41, 5.74) is 2.38. The third-order valence-electron chi connectivity index (χ3n) is 6.58. The summed E-state index contributed by atoms with van der Waals surface area (Å²) < 4.78 is 15.9. The van der Waals surface area contributed by atoms with Gasteiger partial charge in [0, 0.05) is 11.3 Å². The van der Waals surface area contributed by atoms with Crippen LogP contribution in [0, 0.1) is 0 Å². The van der Waals surface area contributed by atoms with Crippen molar-refractivity contribution in [3.05, 3.63) is 94.6 Å². The Morgan fingerprint density at radius 1 is 1.00 bits per heavy atom. The van der Waals surface area contributed by atoms with E-state index in [1.807, 2.05) is 0 Å². The number of hydrogen-bond acceptors (Lipinski definition) is 7. The molecule has 0 spiro atoms.